The molecular formula is C39H44BClFN7O4. The van der Waals surface area contributed by atoms with Crippen LogP contribution in [0.2, 0.25) is 5.02 Å². The van der Waals surface area contributed by atoms with Crippen molar-refractivity contribution >= 4 is 59.8 Å². The maximum absolute atomic E-state index is 14.1. The number of anilines is 1. The molecule has 2 radical (unpaired) electrons. The molecule has 3 heterocycles. The van der Waals surface area contributed by atoms with E-state index in [1.807, 2.05) is 43.4 Å². The fraction of sp³-hybridized carbons (Fsp3) is 0.333. The van der Waals surface area contributed by atoms with E-state index in [9.17, 15) is 14.0 Å². The minimum absolute atomic E-state index is 0.259. The highest BCUT2D eigenvalue weighted by Crippen LogP contribution is 2.28. The van der Waals surface area contributed by atoms with Gasteiger partial charge in [0.1, 0.15) is 19.5 Å². The van der Waals surface area contributed by atoms with Crippen molar-refractivity contribution in [2.24, 2.45) is 10.9 Å². The number of aliphatic hydroxyl groups is 1. The minimum atomic E-state index is -0.503. The minimum Gasteiger partial charge on any atom is -0.400 e. The summed E-state index contributed by atoms with van der Waals surface area (Å²) in [6.07, 6.45) is 8.92. The zero-order chi connectivity index (χ0) is 37.9. The molecule has 1 atom stereocenters. The van der Waals surface area contributed by atoms with Crippen molar-refractivity contribution in [2.75, 3.05) is 32.1 Å². The van der Waals surface area contributed by atoms with E-state index in [-0.39, 0.29) is 23.3 Å². The standard InChI is InChI=1S/C38H40BClFN7O3.CH4O/c1-3-18-51-35(39)22-48-34-13-11-28(43-37(49)26-9-12-31-32(19-26)46-38(50)45-31)21-33(34)44-36(48)23-47-16-14-25(15-17-47)30(42-2)7-5-4-6-24-8-10-27(40)20-29(24)41;1-2/h4-5,7-13,19-21,25,35H,2-3,6,14-18,22-23H2,1H3,(H,43,49)(H2,45,46,50);2H,1H3/b5-4-,30-7-;. The van der Waals surface area contributed by atoms with Crippen LogP contribution in [0.25, 0.3) is 22.1 Å². The second-order valence-corrected chi connectivity index (χ2v) is 13.1. The molecule has 53 heavy (non-hydrogen) atoms. The van der Waals surface area contributed by atoms with E-state index >= 15 is 0 Å². The van der Waals surface area contributed by atoms with Gasteiger partial charge < -0.3 is 29.7 Å². The Hall–Kier alpha value is -4.82. The van der Waals surface area contributed by atoms with E-state index in [0.717, 1.165) is 62.0 Å². The number of benzene rings is 3. The lowest BCUT2D eigenvalue weighted by molar-refractivity contribution is 0.0951. The Kier molecular flexibility index (Phi) is 14.0. The number of fused-ring (bicyclic) bond motifs is 2. The Morgan fingerprint density at radius 3 is 2.68 bits per heavy atom. The zero-order valence-electron chi connectivity index (χ0n) is 29.9. The fourth-order valence-corrected chi connectivity index (χ4v) is 6.57. The number of hydrogen-bond acceptors (Lipinski definition) is 7. The maximum atomic E-state index is 14.1. The summed E-state index contributed by atoms with van der Waals surface area (Å²) in [6, 6.07) is 14.9. The number of nitrogens with zero attached hydrogens (tertiary/aromatic N) is 4. The molecule has 1 unspecified atom stereocenters. The van der Waals surface area contributed by atoms with Crippen LogP contribution in [0.4, 0.5) is 10.1 Å². The smallest absolute Gasteiger partial charge is 0.323 e. The molecule has 5 aromatic rings. The number of carbonyl (C=O) groups excluding carboxylic acids is 1. The molecule has 14 heteroatoms. The lowest BCUT2D eigenvalue weighted by Gasteiger charge is -2.32. The molecule has 11 nitrogen and oxygen atoms in total. The van der Waals surface area contributed by atoms with Gasteiger partial charge in [-0.25, -0.2) is 14.2 Å². The largest absolute Gasteiger partial charge is 0.400 e. The number of hydrogen-bond donors (Lipinski definition) is 4. The molecule has 1 fully saturated rings. The number of nitrogens with one attached hydrogen (secondary N) is 3. The van der Waals surface area contributed by atoms with Crippen LogP contribution >= 0.6 is 11.6 Å². The molecule has 1 aliphatic rings. The summed E-state index contributed by atoms with van der Waals surface area (Å²) in [7, 11) is 7.39. The number of allylic oxidation sites excluding steroid dienone is 4. The Morgan fingerprint density at radius 1 is 1.17 bits per heavy atom. The lowest BCUT2D eigenvalue weighted by Crippen LogP contribution is -2.35. The third-order valence-corrected chi connectivity index (χ3v) is 9.31. The molecule has 2 aromatic heterocycles. The molecule has 6 rings (SSSR count). The highest BCUT2D eigenvalue weighted by atomic mass is 35.5. The van der Waals surface area contributed by atoms with E-state index in [1.165, 1.54) is 6.07 Å². The van der Waals surface area contributed by atoms with Crippen LogP contribution in [0, 0.1) is 11.7 Å². The quantitative estimate of drug-likeness (QED) is 0.0593. The number of carbonyl (C=O) groups is 1. The van der Waals surface area contributed by atoms with Gasteiger partial charge in [0, 0.05) is 54.2 Å². The first kappa shape index (κ1) is 39.4. The normalized spacial score (nSPS) is 14.8. The molecule has 0 bridgehead atoms. The molecule has 0 spiro atoms. The first-order valence-corrected chi connectivity index (χ1v) is 17.9. The number of halogens is 2. The number of aliphatic hydroxyl groups excluding tert-OH is 1. The number of aromatic amines is 2. The van der Waals surface area contributed by atoms with Gasteiger partial charge in [-0.2, -0.15) is 0 Å². The number of aromatic nitrogens is 4. The van der Waals surface area contributed by atoms with Crippen molar-refractivity contribution < 1.29 is 19.0 Å². The number of amides is 1. The second kappa shape index (κ2) is 18.8. The van der Waals surface area contributed by atoms with Crippen LogP contribution in [0.1, 0.15) is 47.9 Å². The Balaban J connectivity index is 0.00000266. The first-order chi connectivity index (χ1) is 25.7. The number of ether oxygens (including phenoxy) is 1. The Labute approximate surface area is 314 Å². The summed E-state index contributed by atoms with van der Waals surface area (Å²) in [6.45, 7) is 9.15. The van der Waals surface area contributed by atoms with Crippen LogP contribution in [-0.2, 0) is 24.2 Å². The molecule has 0 saturated carbocycles. The van der Waals surface area contributed by atoms with Gasteiger partial charge in [0.25, 0.3) is 5.91 Å². The van der Waals surface area contributed by atoms with Gasteiger partial charge in [0.05, 0.1) is 28.6 Å². The van der Waals surface area contributed by atoms with E-state index < -0.39 is 6.00 Å². The van der Waals surface area contributed by atoms with Gasteiger partial charge in [-0.05, 0) is 106 Å². The number of rotatable bonds is 14. The summed E-state index contributed by atoms with van der Waals surface area (Å²) >= 11 is 5.87. The van der Waals surface area contributed by atoms with Crippen molar-refractivity contribution in [3.05, 3.63) is 117 Å². The molecule has 276 valence electrons. The molecule has 0 aliphatic carbocycles. The van der Waals surface area contributed by atoms with Crippen LogP contribution in [0.15, 0.2) is 88.3 Å². The van der Waals surface area contributed by atoms with Crippen LogP contribution in [0.3, 0.4) is 0 Å². The van der Waals surface area contributed by atoms with Gasteiger partial charge in [-0.3, -0.25) is 14.7 Å². The molecular weight excluding hydrogens is 696 g/mol. The van der Waals surface area contributed by atoms with E-state index in [0.29, 0.717) is 59.0 Å². The summed E-state index contributed by atoms with van der Waals surface area (Å²) in [5, 5.41) is 10.3. The zero-order valence-corrected chi connectivity index (χ0v) is 30.7. The van der Waals surface area contributed by atoms with E-state index in [1.54, 1.807) is 30.3 Å². The van der Waals surface area contributed by atoms with E-state index in [2.05, 4.69) is 36.5 Å². The van der Waals surface area contributed by atoms with Gasteiger partial charge in [-0.15, -0.1) is 0 Å². The highest BCUT2D eigenvalue weighted by Gasteiger charge is 2.24. The van der Waals surface area contributed by atoms with Crippen molar-refractivity contribution in [3.8, 4) is 0 Å². The predicted octanol–water partition coefficient (Wildman–Crippen LogP) is 6.38. The van der Waals surface area contributed by atoms with Crippen LogP contribution in [-0.4, -0.2) is 82.8 Å². The van der Waals surface area contributed by atoms with Gasteiger partial charge >= 0.3 is 5.69 Å². The molecule has 1 amide bonds. The average Bonchev–Trinajstić information content (AvgIpc) is 3.70. The third-order valence-electron chi connectivity index (χ3n) is 9.07. The number of piperidine rings is 1. The summed E-state index contributed by atoms with van der Waals surface area (Å²) < 4.78 is 22.1. The van der Waals surface area contributed by atoms with Crippen molar-refractivity contribution in [1.82, 2.24) is 24.4 Å². The molecule has 4 N–H and O–H groups in total. The van der Waals surface area contributed by atoms with Gasteiger partial charge in [-0.1, -0.05) is 36.7 Å². The number of likely N-dealkylation sites (tertiary alicyclic amines) is 1. The first-order valence-electron chi connectivity index (χ1n) is 17.5. The summed E-state index contributed by atoms with van der Waals surface area (Å²) in [5.41, 5.74) is 5.02. The van der Waals surface area contributed by atoms with Gasteiger partial charge in [0.15, 0.2) is 0 Å². The summed E-state index contributed by atoms with van der Waals surface area (Å²) in [4.78, 5) is 41.8. The van der Waals surface area contributed by atoms with Gasteiger partial charge in [0.2, 0.25) is 0 Å². The second-order valence-electron chi connectivity index (χ2n) is 12.7. The van der Waals surface area contributed by atoms with Crippen molar-refractivity contribution in [1.29, 1.82) is 0 Å². The average molecular weight is 740 g/mol. The maximum Gasteiger partial charge on any atom is 0.323 e. The highest BCUT2D eigenvalue weighted by molar-refractivity contribution is 6.30. The third kappa shape index (κ3) is 10.2. The monoisotopic (exact) mass is 739 g/mol. The number of aliphatic imine (C=N–C) groups is 1. The molecule has 1 aliphatic heterocycles. The van der Waals surface area contributed by atoms with Crippen molar-refractivity contribution in [2.45, 2.75) is 51.7 Å². The van der Waals surface area contributed by atoms with E-state index in [4.69, 9.17) is 34.3 Å². The van der Waals surface area contributed by atoms with Crippen LogP contribution < -0.4 is 11.0 Å². The Morgan fingerprint density at radius 2 is 1.94 bits per heavy atom. The topological polar surface area (TPSA) is 141 Å². The van der Waals surface area contributed by atoms with Crippen LogP contribution in [0.5, 0.6) is 0 Å². The fourth-order valence-electron chi connectivity index (χ4n) is 6.41. The Bertz CT molecular complexity index is 2150. The SMILES string of the molecule is CO.[B]C(Cn1c(CN2CCC(/C(=C/C=C\Cc3ccc(Cl)cc3F)N=C)CC2)nc2cc(NC(=O)c3ccc4[nH]c(=O)[nH]c4c3)ccc21)OCCC. The molecule has 3 aromatic carbocycles. The summed E-state index contributed by atoms with van der Waals surface area (Å²) in [5.74, 6) is 0.502. The molecule has 1 saturated heterocycles. The predicted molar refractivity (Wildman–Crippen MR) is 210 cm³/mol. The number of H-pyrrole nitrogens is 2. The lowest BCUT2D eigenvalue weighted by atomic mass is 9.93. The van der Waals surface area contributed by atoms with Crippen molar-refractivity contribution in [3.63, 3.8) is 0 Å². The number of imidazole rings is 2.